The first-order valence-electron chi connectivity index (χ1n) is 25.5. The average molecular weight is 889 g/mol. The van der Waals surface area contributed by atoms with E-state index in [1.165, 1.54) is 77.0 Å². The molecule has 0 rings (SSSR count). The van der Waals surface area contributed by atoms with Crippen molar-refractivity contribution in [1.29, 1.82) is 0 Å². The predicted octanol–water partition coefficient (Wildman–Crippen LogP) is 18.2. The van der Waals surface area contributed by atoms with E-state index in [2.05, 4.69) is 138 Å². The highest BCUT2D eigenvalue weighted by molar-refractivity contribution is 5.66. The molecule has 0 unspecified atom stereocenters. The molecule has 64 heavy (non-hydrogen) atoms. The molecule has 0 aromatic heterocycles. The zero-order valence-corrected chi connectivity index (χ0v) is 41.4. The number of hydrogen-bond donors (Lipinski definition) is 4. The van der Waals surface area contributed by atoms with Crippen LogP contribution in [0.3, 0.4) is 0 Å². The molecule has 0 aromatic carbocycles. The molecule has 0 fully saturated rings. The maximum absolute atomic E-state index is 11.0. The van der Waals surface area contributed by atoms with Crippen LogP contribution >= 0.6 is 0 Å². The van der Waals surface area contributed by atoms with Crippen molar-refractivity contribution in [1.82, 2.24) is 0 Å². The summed E-state index contributed by atoms with van der Waals surface area (Å²) in [6, 6.07) is 0. The summed E-state index contributed by atoms with van der Waals surface area (Å²) < 4.78 is 0. The third-order valence-electron chi connectivity index (χ3n) is 11.3. The molecule has 6 heteroatoms. The summed E-state index contributed by atoms with van der Waals surface area (Å²) in [4.78, 5) is 22.0. The van der Waals surface area contributed by atoms with Gasteiger partial charge in [0, 0.05) is 25.7 Å². The molecule has 0 bridgehead atoms. The molecule has 0 aromatic rings. The molecule has 0 aliphatic carbocycles. The summed E-state index contributed by atoms with van der Waals surface area (Å²) in [6.07, 6.45) is 63.0. The molecule has 6 nitrogen and oxygen atoms in total. The standard InChI is InChI=1S/2C29H48O3/c2*1-4-6-8-9-10-13-17-23-28(24-19-25-29(31)32)27(21-15-7-5-2)22-18-14-11-12-16-20-26(3)30/h2*10-11,13-14,17-18,22-23,27-28,30H,3-9,12,15-16,19-21,24-25H2,1-2H3,(H,31,32)/b2*13-10+,14-11+,22-18+,23-17+/t27-,28+;27-,28-/m11/s1. The van der Waals surface area contributed by atoms with Crippen molar-refractivity contribution >= 4 is 11.9 Å². The third-order valence-corrected chi connectivity index (χ3v) is 11.3. The van der Waals surface area contributed by atoms with Crippen LogP contribution in [0.25, 0.3) is 0 Å². The fourth-order valence-electron chi connectivity index (χ4n) is 7.45. The van der Waals surface area contributed by atoms with E-state index in [0.717, 1.165) is 64.2 Å². The van der Waals surface area contributed by atoms with E-state index in [1.54, 1.807) is 0 Å². The highest BCUT2D eigenvalue weighted by atomic mass is 16.4. The smallest absolute Gasteiger partial charge is 0.303 e. The number of aliphatic hydroxyl groups excluding tert-OH is 2. The van der Waals surface area contributed by atoms with E-state index < -0.39 is 11.9 Å². The number of allylic oxidation sites excluding steroid dienone is 18. The second-order valence-electron chi connectivity index (χ2n) is 17.4. The van der Waals surface area contributed by atoms with Crippen LogP contribution in [0.2, 0.25) is 0 Å². The molecule has 364 valence electrons. The molecule has 0 heterocycles. The Balaban J connectivity index is 0. The van der Waals surface area contributed by atoms with Crippen LogP contribution in [0.1, 0.15) is 207 Å². The molecule has 0 spiro atoms. The Hall–Kier alpha value is -4.06. The van der Waals surface area contributed by atoms with Crippen molar-refractivity contribution < 1.29 is 30.0 Å². The van der Waals surface area contributed by atoms with Crippen LogP contribution in [0.4, 0.5) is 0 Å². The zero-order valence-electron chi connectivity index (χ0n) is 41.4. The Labute approximate surface area is 393 Å². The molecule has 0 amide bonds. The Morgan fingerprint density at radius 2 is 0.625 bits per heavy atom. The number of aliphatic carboxylic acids is 2. The lowest BCUT2D eigenvalue weighted by molar-refractivity contribution is -0.138. The van der Waals surface area contributed by atoms with Crippen LogP contribution in [-0.4, -0.2) is 32.4 Å². The number of carbonyl (C=O) groups is 2. The van der Waals surface area contributed by atoms with Gasteiger partial charge in [-0.3, -0.25) is 9.59 Å². The van der Waals surface area contributed by atoms with E-state index >= 15 is 0 Å². The SMILES string of the molecule is C=C(O)CCC/C=C/C=C/[C@@H](CCCCC)[C@@H](/C=C/C=C/CCCCC)CCCC(=O)O.C=C(O)CCC/C=C/C=C/[C@@H](CCCCC)[C@H](/C=C/C=C/CCCCC)CCCC(=O)O. The Kier molecular flexibility index (Phi) is 46.9. The molecule has 4 N–H and O–H groups in total. The van der Waals surface area contributed by atoms with E-state index in [0.29, 0.717) is 49.4 Å². The maximum Gasteiger partial charge on any atom is 0.303 e. The van der Waals surface area contributed by atoms with Gasteiger partial charge < -0.3 is 20.4 Å². The van der Waals surface area contributed by atoms with E-state index in [-0.39, 0.29) is 24.4 Å². The lowest BCUT2D eigenvalue weighted by Gasteiger charge is -2.22. The van der Waals surface area contributed by atoms with Crippen molar-refractivity contribution in [2.45, 2.75) is 207 Å². The lowest BCUT2D eigenvalue weighted by atomic mass is 9.83. The molecule has 0 saturated carbocycles. The first-order valence-corrected chi connectivity index (χ1v) is 25.5. The molecule has 0 saturated heterocycles. The van der Waals surface area contributed by atoms with E-state index in [1.807, 2.05) is 0 Å². The zero-order chi connectivity index (χ0) is 47.7. The fraction of sp³-hybridized carbons (Fsp3) is 0.621. The number of carboxylic acids is 2. The average Bonchev–Trinajstić information content (AvgIpc) is 3.25. The summed E-state index contributed by atoms with van der Waals surface area (Å²) >= 11 is 0. The van der Waals surface area contributed by atoms with Gasteiger partial charge >= 0.3 is 11.9 Å². The second-order valence-corrected chi connectivity index (χ2v) is 17.4. The minimum absolute atomic E-state index is 0.235. The predicted molar refractivity (Wildman–Crippen MR) is 278 cm³/mol. The minimum atomic E-state index is -0.713. The van der Waals surface area contributed by atoms with Gasteiger partial charge in [0.05, 0.1) is 11.5 Å². The molecule has 4 atom stereocenters. The van der Waals surface area contributed by atoms with E-state index in [9.17, 15) is 9.59 Å². The fourth-order valence-corrected chi connectivity index (χ4v) is 7.45. The lowest BCUT2D eigenvalue weighted by Crippen LogP contribution is -2.12. The first kappa shape index (κ1) is 62.0. The Morgan fingerprint density at radius 1 is 0.359 bits per heavy atom. The largest absolute Gasteiger partial charge is 0.513 e. The molecular weight excluding hydrogens is 793 g/mol. The number of rotatable bonds is 42. The summed E-state index contributed by atoms with van der Waals surface area (Å²) in [5.74, 6) is 0.623. The van der Waals surface area contributed by atoms with Crippen molar-refractivity contribution in [2.24, 2.45) is 23.7 Å². The highest BCUT2D eigenvalue weighted by Gasteiger charge is 2.18. The van der Waals surface area contributed by atoms with Crippen LogP contribution in [0.5, 0.6) is 0 Å². The number of unbranched alkanes of at least 4 members (excludes halogenated alkanes) is 12. The van der Waals surface area contributed by atoms with Gasteiger partial charge in [-0.05, 0) is 114 Å². The molecule has 0 radical (unpaired) electrons. The molecule has 0 aliphatic heterocycles. The Morgan fingerprint density at radius 3 is 0.891 bits per heavy atom. The summed E-state index contributed by atoms with van der Waals surface area (Å²) in [7, 11) is 0. The van der Waals surface area contributed by atoms with Gasteiger partial charge in [0.2, 0.25) is 0 Å². The van der Waals surface area contributed by atoms with Crippen molar-refractivity contribution in [3.63, 3.8) is 0 Å². The van der Waals surface area contributed by atoms with Crippen LogP contribution in [-0.2, 0) is 9.59 Å². The van der Waals surface area contributed by atoms with Crippen molar-refractivity contribution in [3.05, 3.63) is 122 Å². The molecule has 0 aliphatic rings. The topological polar surface area (TPSA) is 115 Å². The van der Waals surface area contributed by atoms with Crippen LogP contribution < -0.4 is 0 Å². The van der Waals surface area contributed by atoms with Gasteiger partial charge in [0.1, 0.15) is 0 Å². The third kappa shape index (κ3) is 45.9. The van der Waals surface area contributed by atoms with Crippen LogP contribution in [0, 0.1) is 23.7 Å². The summed E-state index contributed by atoms with van der Waals surface area (Å²) in [5, 5.41) is 36.4. The van der Waals surface area contributed by atoms with Gasteiger partial charge in [0.15, 0.2) is 0 Å². The van der Waals surface area contributed by atoms with Gasteiger partial charge in [-0.25, -0.2) is 0 Å². The van der Waals surface area contributed by atoms with Crippen molar-refractivity contribution in [2.75, 3.05) is 0 Å². The monoisotopic (exact) mass is 889 g/mol. The molecular formula is C58H96O6. The minimum Gasteiger partial charge on any atom is -0.513 e. The van der Waals surface area contributed by atoms with Crippen molar-refractivity contribution in [3.8, 4) is 0 Å². The number of hydrogen-bond acceptors (Lipinski definition) is 4. The van der Waals surface area contributed by atoms with Gasteiger partial charge in [-0.15, -0.1) is 0 Å². The summed E-state index contributed by atoms with van der Waals surface area (Å²) in [5.41, 5.74) is 0. The Bertz CT molecular complexity index is 1270. The summed E-state index contributed by atoms with van der Waals surface area (Å²) in [6.45, 7) is 15.9. The second kappa shape index (κ2) is 48.4. The number of carboxylic acid groups (broad SMARTS) is 2. The van der Waals surface area contributed by atoms with E-state index in [4.69, 9.17) is 20.4 Å². The first-order chi connectivity index (χ1) is 31.0. The van der Waals surface area contributed by atoms with Gasteiger partial charge in [-0.1, -0.05) is 202 Å². The normalized spacial score (nSPS) is 14.2. The highest BCUT2D eigenvalue weighted by Crippen LogP contribution is 2.29. The maximum atomic E-state index is 11.0. The quantitative estimate of drug-likeness (QED) is 0.0276. The van der Waals surface area contributed by atoms with Gasteiger partial charge in [0.25, 0.3) is 0 Å². The van der Waals surface area contributed by atoms with Crippen LogP contribution in [0.15, 0.2) is 122 Å². The number of aliphatic hydroxyl groups is 2. The van der Waals surface area contributed by atoms with Gasteiger partial charge in [-0.2, -0.15) is 0 Å².